The molecular formula is C19H20ClNO3. The summed E-state index contributed by atoms with van der Waals surface area (Å²) in [5, 5.41) is 10.2. The number of benzene rings is 2. The van der Waals surface area contributed by atoms with Crippen molar-refractivity contribution in [1.29, 1.82) is 0 Å². The molecule has 0 aliphatic carbocycles. The summed E-state index contributed by atoms with van der Waals surface area (Å²) >= 11 is 6.22. The van der Waals surface area contributed by atoms with Gasteiger partial charge in [-0.2, -0.15) is 0 Å². The molecule has 1 saturated heterocycles. The molecule has 0 bridgehead atoms. The summed E-state index contributed by atoms with van der Waals surface area (Å²) in [4.78, 5) is 13.9. The van der Waals surface area contributed by atoms with Crippen molar-refractivity contribution < 1.29 is 14.6 Å². The number of hydrogen-bond acceptors (Lipinski definition) is 3. The second-order valence-electron chi connectivity index (χ2n) is 6.09. The number of hydrogen-bond donors (Lipinski definition) is 1. The first-order valence-electron chi connectivity index (χ1n) is 7.91. The van der Waals surface area contributed by atoms with Crippen molar-refractivity contribution in [3.63, 3.8) is 0 Å². The van der Waals surface area contributed by atoms with Crippen LogP contribution in [-0.2, 0) is 11.3 Å². The predicted molar refractivity (Wildman–Crippen MR) is 93.6 cm³/mol. The Bertz CT molecular complexity index is 720. The Hall–Kier alpha value is -2.04. The van der Waals surface area contributed by atoms with Crippen molar-refractivity contribution in [2.75, 3.05) is 20.2 Å². The third-order valence-electron chi connectivity index (χ3n) is 4.56. The van der Waals surface area contributed by atoms with Crippen LogP contribution in [0.25, 0.3) is 0 Å². The number of likely N-dealkylation sites (tertiary alicyclic amines) is 1. The zero-order chi connectivity index (χ0) is 17.1. The molecular weight excluding hydrogens is 326 g/mol. The number of ether oxygens (including phenoxy) is 1. The minimum Gasteiger partial charge on any atom is -0.495 e. The molecule has 1 heterocycles. The Labute approximate surface area is 146 Å². The molecule has 3 rings (SSSR count). The number of carboxylic acids is 1. The van der Waals surface area contributed by atoms with Crippen LogP contribution in [0.3, 0.4) is 0 Å². The first-order chi connectivity index (χ1) is 11.6. The SMILES string of the molecule is COc1c(Cl)cccc1[C@@H]1CN(Cc2ccccc2)C[C@H]1C(=O)O. The molecule has 2 aromatic carbocycles. The number of aliphatic carboxylic acids is 1. The molecule has 2 aromatic rings. The van der Waals surface area contributed by atoms with E-state index in [1.165, 1.54) is 5.56 Å². The standard InChI is InChI=1S/C19H20ClNO3/c1-24-18-14(8-5-9-17(18)20)15-11-21(12-16(15)19(22)23)10-13-6-3-2-4-7-13/h2-9,15-16H,10-12H2,1H3,(H,22,23)/t15-,16+/m0/s1. The minimum atomic E-state index is -0.780. The third-order valence-corrected chi connectivity index (χ3v) is 4.86. The topological polar surface area (TPSA) is 49.8 Å². The fourth-order valence-corrected chi connectivity index (χ4v) is 3.71. The fraction of sp³-hybridized carbons (Fsp3) is 0.316. The van der Waals surface area contributed by atoms with Gasteiger partial charge in [0.1, 0.15) is 5.75 Å². The number of para-hydroxylation sites is 1. The van der Waals surface area contributed by atoms with E-state index in [4.69, 9.17) is 16.3 Å². The number of methoxy groups -OCH3 is 1. The number of nitrogens with zero attached hydrogens (tertiary/aromatic N) is 1. The summed E-state index contributed by atoms with van der Waals surface area (Å²) in [5.74, 6) is -0.810. The maximum atomic E-state index is 11.8. The molecule has 1 N–H and O–H groups in total. The molecule has 0 amide bonds. The molecule has 1 aliphatic heterocycles. The molecule has 5 heteroatoms. The van der Waals surface area contributed by atoms with Crippen LogP contribution in [0.1, 0.15) is 17.0 Å². The van der Waals surface area contributed by atoms with Crippen LogP contribution < -0.4 is 4.74 Å². The predicted octanol–water partition coefficient (Wildman–Crippen LogP) is 3.65. The summed E-state index contributed by atoms with van der Waals surface area (Å²) in [6.45, 7) is 1.93. The van der Waals surface area contributed by atoms with E-state index in [-0.39, 0.29) is 5.92 Å². The van der Waals surface area contributed by atoms with Crippen LogP contribution in [0.4, 0.5) is 0 Å². The summed E-state index contributed by atoms with van der Waals surface area (Å²) in [6.07, 6.45) is 0. The van der Waals surface area contributed by atoms with Gasteiger partial charge in [-0.05, 0) is 11.6 Å². The van der Waals surface area contributed by atoms with Crippen LogP contribution in [0.2, 0.25) is 5.02 Å². The fourth-order valence-electron chi connectivity index (χ4n) is 3.45. The Kier molecular flexibility index (Phi) is 5.07. The summed E-state index contributed by atoms with van der Waals surface area (Å²) in [7, 11) is 1.57. The average molecular weight is 346 g/mol. The van der Waals surface area contributed by atoms with Gasteiger partial charge in [0.2, 0.25) is 0 Å². The highest BCUT2D eigenvalue weighted by atomic mass is 35.5. The summed E-state index contributed by atoms with van der Waals surface area (Å²) < 4.78 is 5.43. The van der Waals surface area contributed by atoms with Crippen molar-refractivity contribution in [3.8, 4) is 5.75 Å². The third kappa shape index (κ3) is 3.40. The molecule has 0 radical (unpaired) electrons. The summed E-state index contributed by atoms with van der Waals surface area (Å²) in [5.41, 5.74) is 2.05. The van der Waals surface area contributed by atoms with Crippen molar-refractivity contribution in [2.24, 2.45) is 5.92 Å². The second kappa shape index (κ2) is 7.24. The highest BCUT2D eigenvalue weighted by molar-refractivity contribution is 6.32. The molecule has 126 valence electrons. The first kappa shape index (κ1) is 16.8. The maximum Gasteiger partial charge on any atom is 0.308 e. The van der Waals surface area contributed by atoms with Gasteiger partial charge in [0.05, 0.1) is 18.1 Å². The Morgan fingerprint density at radius 1 is 1.21 bits per heavy atom. The van der Waals surface area contributed by atoms with Crippen LogP contribution in [-0.4, -0.2) is 36.2 Å². The highest BCUT2D eigenvalue weighted by Crippen LogP contribution is 2.41. The molecule has 0 unspecified atom stereocenters. The molecule has 24 heavy (non-hydrogen) atoms. The lowest BCUT2D eigenvalue weighted by molar-refractivity contribution is -0.141. The molecule has 4 nitrogen and oxygen atoms in total. The zero-order valence-electron chi connectivity index (χ0n) is 13.5. The second-order valence-corrected chi connectivity index (χ2v) is 6.50. The summed E-state index contributed by atoms with van der Waals surface area (Å²) in [6, 6.07) is 15.6. The normalized spacial score (nSPS) is 20.9. The Balaban J connectivity index is 1.87. The molecule has 0 spiro atoms. The van der Waals surface area contributed by atoms with Crippen molar-refractivity contribution >= 4 is 17.6 Å². The van der Waals surface area contributed by atoms with Gasteiger partial charge < -0.3 is 9.84 Å². The Morgan fingerprint density at radius 2 is 1.96 bits per heavy atom. The quantitative estimate of drug-likeness (QED) is 0.898. The van der Waals surface area contributed by atoms with E-state index in [1.807, 2.05) is 30.3 Å². The smallest absolute Gasteiger partial charge is 0.308 e. The van der Waals surface area contributed by atoms with E-state index in [1.54, 1.807) is 13.2 Å². The van der Waals surface area contributed by atoms with Gasteiger partial charge in [0, 0.05) is 31.1 Å². The first-order valence-corrected chi connectivity index (χ1v) is 8.29. The molecule has 1 aliphatic rings. The van der Waals surface area contributed by atoms with Crippen LogP contribution in [0, 0.1) is 5.92 Å². The van der Waals surface area contributed by atoms with E-state index in [0.717, 1.165) is 12.1 Å². The van der Waals surface area contributed by atoms with Crippen molar-refractivity contribution in [2.45, 2.75) is 12.5 Å². The van der Waals surface area contributed by atoms with Gasteiger partial charge in [-0.3, -0.25) is 9.69 Å². The van der Waals surface area contributed by atoms with E-state index in [0.29, 0.717) is 23.9 Å². The molecule has 0 saturated carbocycles. The lowest BCUT2D eigenvalue weighted by atomic mass is 9.88. The monoisotopic (exact) mass is 345 g/mol. The largest absolute Gasteiger partial charge is 0.495 e. The van der Waals surface area contributed by atoms with E-state index in [9.17, 15) is 9.90 Å². The average Bonchev–Trinajstić information content (AvgIpc) is 2.99. The van der Waals surface area contributed by atoms with Gasteiger partial charge in [-0.25, -0.2) is 0 Å². The van der Waals surface area contributed by atoms with Crippen molar-refractivity contribution in [1.82, 2.24) is 4.90 Å². The molecule has 2 atom stereocenters. The lowest BCUT2D eigenvalue weighted by Gasteiger charge is -2.19. The van der Waals surface area contributed by atoms with E-state index >= 15 is 0 Å². The minimum absolute atomic E-state index is 0.139. The van der Waals surface area contributed by atoms with Crippen LogP contribution in [0.15, 0.2) is 48.5 Å². The van der Waals surface area contributed by atoms with Crippen molar-refractivity contribution in [3.05, 3.63) is 64.7 Å². The van der Waals surface area contributed by atoms with E-state index < -0.39 is 11.9 Å². The number of carbonyl (C=O) groups is 1. The van der Waals surface area contributed by atoms with Gasteiger partial charge in [0.15, 0.2) is 0 Å². The lowest BCUT2D eigenvalue weighted by Crippen LogP contribution is -2.23. The van der Waals surface area contributed by atoms with E-state index in [2.05, 4.69) is 17.0 Å². The zero-order valence-corrected chi connectivity index (χ0v) is 14.2. The number of halogens is 1. The number of carboxylic acid groups (broad SMARTS) is 1. The van der Waals surface area contributed by atoms with Crippen LogP contribution in [0.5, 0.6) is 5.75 Å². The molecule has 1 fully saturated rings. The number of rotatable bonds is 5. The van der Waals surface area contributed by atoms with Gasteiger partial charge in [0.25, 0.3) is 0 Å². The molecule has 0 aromatic heterocycles. The highest BCUT2D eigenvalue weighted by Gasteiger charge is 2.40. The Morgan fingerprint density at radius 3 is 2.62 bits per heavy atom. The maximum absolute atomic E-state index is 11.8. The van der Waals surface area contributed by atoms with Crippen LogP contribution >= 0.6 is 11.6 Å². The van der Waals surface area contributed by atoms with Gasteiger partial charge >= 0.3 is 5.97 Å². The van der Waals surface area contributed by atoms with Gasteiger partial charge in [-0.1, -0.05) is 54.1 Å². The van der Waals surface area contributed by atoms with Gasteiger partial charge in [-0.15, -0.1) is 0 Å².